The highest BCUT2D eigenvalue weighted by molar-refractivity contribution is 6.17. The van der Waals surface area contributed by atoms with E-state index < -0.39 is 0 Å². The van der Waals surface area contributed by atoms with Crippen molar-refractivity contribution in [3.05, 3.63) is 158 Å². The summed E-state index contributed by atoms with van der Waals surface area (Å²) < 4.78 is 0. The summed E-state index contributed by atoms with van der Waals surface area (Å²) in [7, 11) is 0. The molecule has 0 unspecified atom stereocenters. The van der Waals surface area contributed by atoms with Crippen molar-refractivity contribution in [3.63, 3.8) is 0 Å². The molecule has 0 radical (unpaired) electrons. The largest absolute Gasteiger partial charge is 0.254 e. The van der Waals surface area contributed by atoms with Crippen molar-refractivity contribution in [2.75, 3.05) is 0 Å². The minimum atomic E-state index is 0.929. The van der Waals surface area contributed by atoms with Crippen LogP contribution in [-0.4, -0.2) is 19.9 Å². The van der Waals surface area contributed by atoms with Gasteiger partial charge in [-0.05, 0) is 46.5 Å². The van der Waals surface area contributed by atoms with Gasteiger partial charge in [0.05, 0.1) is 33.1 Å². The number of nitrogens with zero attached hydrogens (tertiary/aromatic N) is 4. The summed E-state index contributed by atoms with van der Waals surface area (Å²) in [5.74, 6) is 0. The van der Waals surface area contributed by atoms with Crippen molar-refractivity contribution in [2.45, 2.75) is 0 Å². The van der Waals surface area contributed by atoms with Gasteiger partial charge in [-0.15, -0.1) is 0 Å². The lowest BCUT2D eigenvalue weighted by Crippen LogP contribution is -1.92. The molecule has 4 aromatic heterocycles. The zero-order valence-electron chi connectivity index (χ0n) is 25.8. The first-order valence-electron chi connectivity index (χ1n) is 16.1. The lowest BCUT2D eigenvalue weighted by atomic mass is 9.92. The molecule has 0 saturated heterocycles. The molecule has 0 aliphatic heterocycles. The van der Waals surface area contributed by atoms with E-state index in [2.05, 4.69) is 121 Å². The molecule has 4 heterocycles. The maximum atomic E-state index is 5.07. The van der Waals surface area contributed by atoms with Gasteiger partial charge in [-0.25, -0.2) is 9.97 Å². The fourth-order valence-electron chi connectivity index (χ4n) is 7.27. The Hall–Kier alpha value is -6.52. The van der Waals surface area contributed by atoms with E-state index in [1.54, 1.807) is 0 Å². The molecule has 4 nitrogen and oxygen atoms in total. The third-order valence-corrected chi connectivity index (χ3v) is 9.53. The Kier molecular flexibility index (Phi) is 5.84. The van der Waals surface area contributed by atoms with Gasteiger partial charge >= 0.3 is 0 Å². The molecule has 0 spiro atoms. The first kappa shape index (κ1) is 26.7. The Morgan fingerprint density at radius 1 is 0.292 bits per heavy atom. The summed E-state index contributed by atoms with van der Waals surface area (Å²) in [5, 5.41) is 6.67. The quantitative estimate of drug-likeness (QED) is 0.147. The van der Waals surface area contributed by atoms with Crippen molar-refractivity contribution in [1.82, 2.24) is 19.9 Å². The van der Waals surface area contributed by atoms with Gasteiger partial charge in [0, 0.05) is 55.8 Å². The molecule has 0 aliphatic rings. The van der Waals surface area contributed by atoms with Crippen LogP contribution in [0, 0.1) is 0 Å². The van der Waals surface area contributed by atoms with E-state index in [9.17, 15) is 0 Å². The number of aromatic nitrogens is 4. The Balaban J connectivity index is 1.08. The fourth-order valence-corrected chi connectivity index (χ4v) is 7.27. The molecule has 10 aromatic rings. The zero-order valence-corrected chi connectivity index (χ0v) is 25.8. The minimum absolute atomic E-state index is 0.929. The number of hydrogen-bond donors (Lipinski definition) is 0. The molecular weight excluding hydrogens is 585 g/mol. The normalized spacial score (nSPS) is 11.8. The standard InChI is InChI=1S/C44H26N4/c1-3-11-37-33(9-1)39(35-23-21-31-7-5-25-45-41(31)43(35)47-37)29-17-13-27(14-18-29)28-15-19-30(20-16-28)40-34-10-2-4-12-38(34)48-44-36(40)24-22-32-8-6-26-46-42(32)44/h1-26H. The Labute approximate surface area is 276 Å². The van der Waals surface area contributed by atoms with Crippen LogP contribution in [0.4, 0.5) is 0 Å². The minimum Gasteiger partial charge on any atom is -0.254 e. The van der Waals surface area contributed by atoms with Crippen LogP contribution in [0.3, 0.4) is 0 Å². The molecule has 6 aromatic carbocycles. The lowest BCUT2D eigenvalue weighted by molar-refractivity contribution is 1.40. The van der Waals surface area contributed by atoms with Crippen LogP contribution in [0.15, 0.2) is 158 Å². The highest BCUT2D eigenvalue weighted by Crippen LogP contribution is 2.40. The Morgan fingerprint density at radius 2 is 0.708 bits per heavy atom. The van der Waals surface area contributed by atoms with Gasteiger partial charge in [-0.1, -0.05) is 121 Å². The van der Waals surface area contributed by atoms with Gasteiger partial charge in [-0.2, -0.15) is 0 Å². The third kappa shape index (κ3) is 4.10. The number of rotatable bonds is 3. The van der Waals surface area contributed by atoms with Crippen LogP contribution in [0.1, 0.15) is 0 Å². The first-order chi connectivity index (χ1) is 23.8. The molecule has 48 heavy (non-hydrogen) atoms. The first-order valence-corrected chi connectivity index (χ1v) is 16.1. The molecule has 0 saturated carbocycles. The van der Waals surface area contributed by atoms with E-state index in [0.29, 0.717) is 0 Å². The van der Waals surface area contributed by atoms with Crippen LogP contribution in [-0.2, 0) is 0 Å². The second-order valence-electron chi connectivity index (χ2n) is 12.2. The third-order valence-electron chi connectivity index (χ3n) is 9.53. The lowest BCUT2D eigenvalue weighted by Gasteiger charge is -2.14. The average molecular weight is 611 g/mol. The van der Waals surface area contributed by atoms with Crippen molar-refractivity contribution in [3.8, 4) is 33.4 Å². The predicted octanol–water partition coefficient (Wildman–Crippen LogP) is 11.2. The van der Waals surface area contributed by atoms with Gasteiger partial charge in [0.25, 0.3) is 0 Å². The summed E-state index contributed by atoms with van der Waals surface area (Å²) in [6, 6.07) is 51.4. The molecule has 0 N–H and O–H groups in total. The topological polar surface area (TPSA) is 51.6 Å². The van der Waals surface area contributed by atoms with Gasteiger partial charge in [0.1, 0.15) is 0 Å². The summed E-state index contributed by atoms with van der Waals surface area (Å²) in [6.07, 6.45) is 3.69. The number of benzene rings is 6. The molecule has 0 aliphatic carbocycles. The Bertz CT molecular complexity index is 2680. The highest BCUT2D eigenvalue weighted by Gasteiger charge is 2.16. The van der Waals surface area contributed by atoms with Crippen molar-refractivity contribution < 1.29 is 0 Å². The maximum Gasteiger partial charge on any atom is 0.0978 e. The van der Waals surface area contributed by atoms with Gasteiger partial charge in [0.2, 0.25) is 0 Å². The van der Waals surface area contributed by atoms with Crippen LogP contribution in [0.5, 0.6) is 0 Å². The van der Waals surface area contributed by atoms with Gasteiger partial charge in [0.15, 0.2) is 0 Å². The van der Waals surface area contributed by atoms with E-state index in [-0.39, 0.29) is 0 Å². The number of para-hydroxylation sites is 2. The van der Waals surface area contributed by atoms with E-state index in [4.69, 9.17) is 19.9 Å². The number of pyridine rings is 4. The average Bonchev–Trinajstić information content (AvgIpc) is 3.16. The van der Waals surface area contributed by atoms with Gasteiger partial charge < -0.3 is 0 Å². The molecule has 0 fully saturated rings. The van der Waals surface area contributed by atoms with Crippen LogP contribution in [0.25, 0.3) is 98.8 Å². The fraction of sp³-hybridized carbons (Fsp3) is 0. The number of hydrogen-bond acceptors (Lipinski definition) is 4. The smallest absolute Gasteiger partial charge is 0.0978 e. The molecule has 0 atom stereocenters. The van der Waals surface area contributed by atoms with Crippen LogP contribution >= 0.6 is 0 Å². The molecule has 4 heteroatoms. The summed E-state index contributed by atoms with van der Waals surface area (Å²) in [5.41, 5.74) is 12.7. The van der Waals surface area contributed by atoms with Crippen molar-refractivity contribution in [1.29, 1.82) is 0 Å². The summed E-state index contributed by atoms with van der Waals surface area (Å²) >= 11 is 0. The second-order valence-corrected chi connectivity index (χ2v) is 12.2. The summed E-state index contributed by atoms with van der Waals surface area (Å²) in [6.45, 7) is 0. The molecule has 0 bridgehead atoms. The molecule has 222 valence electrons. The van der Waals surface area contributed by atoms with Crippen molar-refractivity contribution >= 4 is 65.4 Å². The second kappa shape index (κ2) is 10.5. The highest BCUT2D eigenvalue weighted by atomic mass is 14.8. The van der Waals surface area contributed by atoms with E-state index >= 15 is 0 Å². The maximum absolute atomic E-state index is 5.07. The van der Waals surface area contributed by atoms with Crippen LogP contribution < -0.4 is 0 Å². The zero-order chi connectivity index (χ0) is 31.6. The SMILES string of the molecule is c1cnc2c(c1)ccc1c(-c3ccc(-c4ccc(-c5c6ccccc6nc6c5ccc5cccnc56)cc4)cc3)c3ccccc3nc12. The van der Waals surface area contributed by atoms with Gasteiger partial charge in [-0.3, -0.25) is 9.97 Å². The van der Waals surface area contributed by atoms with E-state index in [0.717, 1.165) is 76.5 Å². The molecular formula is C44H26N4. The molecule has 10 rings (SSSR count). The van der Waals surface area contributed by atoms with E-state index in [1.807, 2.05) is 36.7 Å². The summed E-state index contributed by atoms with van der Waals surface area (Å²) in [4.78, 5) is 19.6. The predicted molar refractivity (Wildman–Crippen MR) is 199 cm³/mol. The van der Waals surface area contributed by atoms with Crippen molar-refractivity contribution in [2.24, 2.45) is 0 Å². The van der Waals surface area contributed by atoms with E-state index in [1.165, 1.54) is 22.3 Å². The molecule has 0 amide bonds. The number of fused-ring (bicyclic) bond motifs is 8. The monoisotopic (exact) mass is 610 g/mol. The Morgan fingerprint density at radius 3 is 1.17 bits per heavy atom. The van der Waals surface area contributed by atoms with Crippen LogP contribution in [0.2, 0.25) is 0 Å².